The van der Waals surface area contributed by atoms with Gasteiger partial charge in [-0.3, -0.25) is 0 Å². The standard InChI is InChI=1S/C13H8N4O/c14-7-5-10-1-3-12(4-2-10)18-13-16-8-6-11(9-15)17-13/h1-4,6,8H,5H2. The second-order valence-electron chi connectivity index (χ2n) is 3.42. The molecule has 0 N–H and O–H groups in total. The van der Waals surface area contributed by atoms with Crippen LogP contribution in [0.5, 0.6) is 11.8 Å². The summed E-state index contributed by atoms with van der Waals surface area (Å²) in [6.45, 7) is 0. The summed E-state index contributed by atoms with van der Waals surface area (Å²) in [7, 11) is 0. The molecular weight excluding hydrogens is 228 g/mol. The minimum atomic E-state index is 0.127. The number of hydrogen-bond acceptors (Lipinski definition) is 5. The van der Waals surface area contributed by atoms with Gasteiger partial charge in [-0.05, 0) is 23.8 Å². The van der Waals surface area contributed by atoms with Gasteiger partial charge in [0.25, 0.3) is 0 Å². The van der Waals surface area contributed by atoms with E-state index in [9.17, 15) is 0 Å². The fraction of sp³-hybridized carbons (Fsp3) is 0.0769. The number of benzene rings is 1. The number of rotatable bonds is 3. The Balaban J connectivity index is 2.14. The highest BCUT2D eigenvalue weighted by Crippen LogP contribution is 2.18. The molecule has 1 heterocycles. The van der Waals surface area contributed by atoms with Crippen molar-refractivity contribution in [2.45, 2.75) is 6.42 Å². The third-order valence-corrected chi connectivity index (χ3v) is 2.16. The first-order valence-corrected chi connectivity index (χ1v) is 5.18. The highest BCUT2D eigenvalue weighted by Gasteiger charge is 2.02. The van der Waals surface area contributed by atoms with Crippen LogP contribution in [0, 0.1) is 22.7 Å². The molecule has 0 fully saturated rings. The molecule has 0 saturated heterocycles. The molecular formula is C13H8N4O. The largest absolute Gasteiger partial charge is 0.424 e. The molecule has 0 atom stereocenters. The highest BCUT2D eigenvalue weighted by atomic mass is 16.5. The lowest BCUT2D eigenvalue weighted by atomic mass is 10.2. The monoisotopic (exact) mass is 236 g/mol. The summed E-state index contributed by atoms with van der Waals surface area (Å²) >= 11 is 0. The van der Waals surface area contributed by atoms with Gasteiger partial charge in [-0.25, -0.2) is 4.98 Å². The Hall–Kier alpha value is -2.92. The van der Waals surface area contributed by atoms with Gasteiger partial charge in [0.1, 0.15) is 17.5 Å². The summed E-state index contributed by atoms with van der Waals surface area (Å²) in [6.07, 6.45) is 1.83. The van der Waals surface area contributed by atoms with Gasteiger partial charge in [-0.1, -0.05) is 12.1 Å². The maximum atomic E-state index is 8.70. The smallest absolute Gasteiger partial charge is 0.323 e. The number of aromatic nitrogens is 2. The highest BCUT2D eigenvalue weighted by molar-refractivity contribution is 5.31. The predicted octanol–water partition coefficient (Wildman–Crippen LogP) is 2.21. The van der Waals surface area contributed by atoms with Crippen LogP contribution in [-0.4, -0.2) is 9.97 Å². The van der Waals surface area contributed by atoms with Crippen LogP contribution in [0.25, 0.3) is 0 Å². The molecule has 0 radical (unpaired) electrons. The van der Waals surface area contributed by atoms with Crippen molar-refractivity contribution in [2.75, 3.05) is 0 Å². The van der Waals surface area contributed by atoms with Gasteiger partial charge >= 0.3 is 6.01 Å². The van der Waals surface area contributed by atoms with Crippen LogP contribution >= 0.6 is 0 Å². The van der Waals surface area contributed by atoms with Gasteiger partial charge in [0, 0.05) is 6.20 Å². The van der Waals surface area contributed by atoms with Crippen molar-refractivity contribution in [1.29, 1.82) is 10.5 Å². The Bertz CT molecular complexity index is 623. The van der Waals surface area contributed by atoms with Gasteiger partial charge in [0.15, 0.2) is 0 Å². The molecule has 1 aromatic heterocycles. The quantitative estimate of drug-likeness (QED) is 0.815. The molecule has 2 rings (SSSR count). The second kappa shape index (κ2) is 5.42. The van der Waals surface area contributed by atoms with Crippen molar-refractivity contribution in [3.63, 3.8) is 0 Å². The second-order valence-corrected chi connectivity index (χ2v) is 3.42. The molecule has 2 aromatic rings. The summed E-state index contributed by atoms with van der Waals surface area (Å²) in [5, 5.41) is 17.2. The first-order chi connectivity index (χ1) is 8.81. The van der Waals surface area contributed by atoms with Crippen molar-refractivity contribution < 1.29 is 4.74 Å². The first kappa shape index (κ1) is 11.6. The molecule has 0 aliphatic carbocycles. The van der Waals surface area contributed by atoms with Crippen LogP contribution in [-0.2, 0) is 6.42 Å². The molecule has 86 valence electrons. The zero-order chi connectivity index (χ0) is 12.8. The number of ether oxygens (including phenoxy) is 1. The van der Waals surface area contributed by atoms with Gasteiger partial charge in [-0.15, -0.1) is 0 Å². The van der Waals surface area contributed by atoms with E-state index in [1.54, 1.807) is 24.3 Å². The molecule has 0 amide bonds. The van der Waals surface area contributed by atoms with Crippen LogP contribution in [0.15, 0.2) is 36.5 Å². The van der Waals surface area contributed by atoms with E-state index in [1.807, 2.05) is 6.07 Å². The van der Waals surface area contributed by atoms with E-state index in [4.69, 9.17) is 15.3 Å². The first-order valence-electron chi connectivity index (χ1n) is 5.18. The average molecular weight is 236 g/mol. The van der Waals surface area contributed by atoms with E-state index in [2.05, 4.69) is 16.0 Å². The van der Waals surface area contributed by atoms with Gasteiger partial charge in [0.2, 0.25) is 0 Å². The molecule has 1 aromatic carbocycles. The van der Waals surface area contributed by atoms with E-state index in [0.29, 0.717) is 12.2 Å². The summed E-state index contributed by atoms with van der Waals surface area (Å²) in [6, 6.07) is 12.7. The van der Waals surface area contributed by atoms with E-state index in [0.717, 1.165) is 5.56 Å². The molecule has 0 spiro atoms. The van der Waals surface area contributed by atoms with Crippen LogP contribution in [0.1, 0.15) is 11.3 Å². The Labute approximate surface area is 104 Å². The maximum absolute atomic E-state index is 8.70. The van der Waals surface area contributed by atoms with Gasteiger partial charge in [0.05, 0.1) is 12.5 Å². The topological polar surface area (TPSA) is 82.6 Å². The lowest BCUT2D eigenvalue weighted by Gasteiger charge is -2.03. The van der Waals surface area contributed by atoms with Gasteiger partial charge < -0.3 is 4.74 Å². The molecule has 5 heteroatoms. The van der Waals surface area contributed by atoms with Crippen LogP contribution in [0.4, 0.5) is 0 Å². The average Bonchev–Trinajstić information content (AvgIpc) is 2.42. The lowest BCUT2D eigenvalue weighted by Crippen LogP contribution is -1.93. The third kappa shape index (κ3) is 2.81. The number of hydrogen-bond donors (Lipinski definition) is 0. The summed E-state index contributed by atoms with van der Waals surface area (Å²) in [5.41, 5.74) is 1.16. The summed E-state index contributed by atoms with van der Waals surface area (Å²) in [5.74, 6) is 0.562. The van der Waals surface area contributed by atoms with E-state index < -0.39 is 0 Å². The summed E-state index contributed by atoms with van der Waals surface area (Å²) < 4.78 is 5.40. The van der Waals surface area contributed by atoms with Crippen LogP contribution in [0.2, 0.25) is 0 Å². The minimum absolute atomic E-state index is 0.127. The Morgan fingerprint density at radius 3 is 2.56 bits per heavy atom. The Morgan fingerprint density at radius 2 is 1.89 bits per heavy atom. The Morgan fingerprint density at radius 1 is 1.11 bits per heavy atom. The van der Waals surface area contributed by atoms with Crippen molar-refractivity contribution in [1.82, 2.24) is 9.97 Å². The van der Waals surface area contributed by atoms with Crippen molar-refractivity contribution in [3.05, 3.63) is 47.8 Å². The molecule has 0 aliphatic heterocycles. The zero-order valence-corrected chi connectivity index (χ0v) is 9.37. The third-order valence-electron chi connectivity index (χ3n) is 2.16. The normalized spacial score (nSPS) is 9.22. The Kier molecular flexibility index (Phi) is 3.48. The van der Waals surface area contributed by atoms with E-state index in [1.165, 1.54) is 12.3 Å². The molecule has 0 aliphatic rings. The van der Waals surface area contributed by atoms with Gasteiger partial charge in [-0.2, -0.15) is 15.5 Å². The molecule has 0 bridgehead atoms. The van der Waals surface area contributed by atoms with Crippen molar-refractivity contribution in [2.24, 2.45) is 0 Å². The number of nitriles is 2. The molecule has 18 heavy (non-hydrogen) atoms. The predicted molar refractivity (Wildman–Crippen MR) is 62.6 cm³/mol. The lowest BCUT2D eigenvalue weighted by molar-refractivity contribution is 0.441. The maximum Gasteiger partial charge on any atom is 0.323 e. The molecule has 0 saturated carbocycles. The molecule has 5 nitrogen and oxygen atoms in total. The fourth-order valence-electron chi connectivity index (χ4n) is 1.32. The van der Waals surface area contributed by atoms with Crippen molar-refractivity contribution in [3.8, 4) is 23.9 Å². The molecule has 0 unspecified atom stereocenters. The van der Waals surface area contributed by atoms with Crippen LogP contribution < -0.4 is 4.74 Å². The van der Waals surface area contributed by atoms with Crippen LogP contribution in [0.3, 0.4) is 0 Å². The summed E-state index contributed by atoms with van der Waals surface area (Å²) in [4.78, 5) is 7.80. The zero-order valence-electron chi connectivity index (χ0n) is 9.37. The van der Waals surface area contributed by atoms with E-state index in [-0.39, 0.29) is 11.7 Å². The SMILES string of the molecule is N#CCc1ccc(Oc2nccc(C#N)n2)cc1. The van der Waals surface area contributed by atoms with Crippen molar-refractivity contribution >= 4 is 0 Å². The van der Waals surface area contributed by atoms with E-state index >= 15 is 0 Å². The number of nitrogens with zero attached hydrogens (tertiary/aromatic N) is 4. The minimum Gasteiger partial charge on any atom is -0.424 e. The fourth-order valence-corrected chi connectivity index (χ4v) is 1.32.